The van der Waals surface area contributed by atoms with Gasteiger partial charge in [0.15, 0.2) is 0 Å². The fourth-order valence-electron chi connectivity index (χ4n) is 1.31. The van der Waals surface area contributed by atoms with Crippen molar-refractivity contribution in [3.8, 4) is 0 Å². The summed E-state index contributed by atoms with van der Waals surface area (Å²) in [4.78, 5) is 13.1. The summed E-state index contributed by atoms with van der Waals surface area (Å²) in [5, 5.41) is 8.97. The molecule has 0 aromatic heterocycles. The maximum absolute atomic E-state index is 10.9. The quantitative estimate of drug-likeness (QED) is 0.822. The van der Waals surface area contributed by atoms with Crippen LogP contribution in [-0.4, -0.2) is 23.6 Å². The van der Waals surface area contributed by atoms with Crippen LogP contribution in [0.1, 0.15) is 18.4 Å². The van der Waals surface area contributed by atoms with Crippen LogP contribution in [0.4, 0.5) is 0 Å². The van der Waals surface area contributed by atoms with Gasteiger partial charge in [0.05, 0.1) is 5.92 Å². The highest BCUT2D eigenvalue weighted by atomic mass is 32.2. The number of aliphatic carboxylic acids is 1. The molecule has 0 amide bonds. The molecule has 0 saturated heterocycles. The van der Waals surface area contributed by atoms with Crippen LogP contribution in [0, 0.1) is 0 Å². The number of carbonyl (C=O) groups is 1. The Balaban J connectivity index is 3.12. The topological polar surface area (TPSA) is 37.3 Å². The molecule has 15 heavy (non-hydrogen) atoms. The van der Waals surface area contributed by atoms with E-state index in [1.54, 1.807) is 30.4 Å². The van der Waals surface area contributed by atoms with E-state index in [1.807, 2.05) is 30.7 Å². The summed E-state index contributed by atoms with van der Waals surface area (Å²) in [5.41, 5.74) is 0.896. The van der Waals surface area contributed by atoms with E-state index in [1.165, 1.54) is 4.90 Å². The second-order valence-electron chi connectivity index (χ2n) is 3.17. The fourth-order valence-corrected chi connectivity index (χ4v) is 2.55. The van der Waals surface area contributed by atoms with Crippen molar-refractivity contribution in [2.75, 3.05) is 12.5 Å². The first-order chi connectivity index (χ1) is 7.10. The van der Waals surface area contributed by atoms with Gasteiger partial charge >= 0.3 is 5.97 Å². The van der Waals surface area contributed by atoms with Crippen LogP contribution in [0.2, 0.25) is 0 Å². The van der Waals surface area contributed by atoms with Gasteiger partial charge < -0.3 is 5.11 Å². The fraction of sp³-hybridized carbons (Fsp3) is 0.364. The van der Waals surface area contributed by atoms with Crippen molar-refractivity contribution in [1.82, 2.24) is 0 Å². The first-order valence-electron chi connectivity index (χ1n) is 4.55. The normalized spacial score (nSPS) is 12.5. The molecule has 82 valence electrons. The van der Waals surface area contributed by atoms with Gasteiger partial charge in [-0.25, -0.2) is 0 Å². The Hall–Kier alpha value is -0.610. The maximum Gasteiger partial charge on any atom is 0.310 e. The molecule has 0 fully saturated rings. The third-order valence-corrected chi connectivity index (χ3v) is 3.80. The summed E-state index contributed by atoms with van der Waals surface area (Å²) in [6, 6.07) is 5.93. The van der Waals surface area contributed by atoms with Crippen molar-refractivity contribution in [2.45, 2.75) is 22.6 Å². The minimum Gasteiger partial charge on any atom is -0.481 e. The third kappa shape index (κ3) is 2.92. The van der Waals surface area contributed by atoms with E-state index in [0.29, 0.717) is 0 Å². The smallest absolute Gasteiger partial charge is 0.310 e. The number of carboxylic acid groups (broad SMARTS) is 1. The minimum absolute atomic E-state index is 0.441. The number of benzene rings is 1. The van der Waals surface area contributed by atoms with E-state index in [9.17, 15) is 4.79 Å². The maximum atomic E-state index is 10.9. The first kappa shape index (κ1) is 12.5. The van der Waals surface area contributed by atoms with Crippen molar-refractivity contribution < 1.29 is 9.90 Å². The lowest BCUT2D eigenvalue weighted by molar-refractivity contribution is -0.138. The number of rotatable bonds is 4. The molecule has 0 bridgehead atoms. The van der Waals surface area contributed by atoms with Gasteiger partial charge in [0, 0.05) is 9.79 Å². The summed E-state index contributed by atoms with van der Waals surface area (Å²) in [5.74, 6) is -1.22. The van der Waals surface area contributed by atoms with Gasteiger partial charge in [-0.15, -0.1) is 23.5 Å². The van der Waals surface area contributed by atoms with E-state index in [2.05, 4.69) is 0 Å². The molecule has 0 aliphatic carbocycles. The lowest BCUT2D eigenvalue weighted by Gasteiger charge is -2.12. The number of carboxylic acids is 1. The first-order valence-corrected chi connectivity index (χ1v) is 6.99. The van der Waals surface area contributed by atoms with Gasteiger partial charge in [0.25, 0.3) is 0 Å². The monoisotopic (exact) mass is 242 g/mol. The Labute approximate surface area is 98.5 Å². The zero-order chi connectivity index (χ0) is 11.4. The summed E-state index contributed by atoms with van der Waals surface area (Å²) < 4.78 is 0. The highest BCUT2D eigenvalue weighted by molar-refractivity contribution is 7.99. The van der Waals surface area contributed by atoms with Gasteiger partial charge in [-0.3, -0.25) is 4.79 Å². The molecule has 1 atom stereocenters. The Morgan fingerprint density at radius 3 is 2.47 bits per heavy atom. The van der Waals surface area contributed by atoms with Crippen LogP contribution in [-0.2, 0) is 4.79 Å². The summed E-state index contributed by atoms with van der Waals surface area (Å²) >= 11 is 3.26. The molecule has 0 heterocycles. The molecule has 0 spiro atoms. The number of thioether (sulfide) groups is 2. The Kier molecular flexibility index (Phi) is 4.54. The molecule has 1 N–H and O–H groups in total. The highest BCUT2D eigenvalue weighted by Crippen LogP contribution is 2.30. The van der Waals surface area contributed by atoms with Crippen LogP contribution in [0.25, 0.3) is 0 Å². The SMILES string of the molecule is CSc1ccc(C(C)C(=O)O)c(SC)c1. The molecule has 1 unspecified atom stereocenters. The van der Waals surface area contributed by atoms with E-state index in [0.717, 1.165) is 10.5 Å². The van der Waals surface area contributed by atoms with E-state index in [4.69, 9.17) is 5.11 Å². The summed E-state index contributed by atoms with van der Waals surface area (Å²) in [7, 11) is 0. The van der Waals surface area contributed by atoms with Gasteiger partial charge in [-0.1, -0.05) is 6.07 Å². The van der Waals surface area contributed by atoms with Crippen molar-refractivity contribution in [2.24, 2.45) is 0 Å². The van der Waals surface area contributed by atoms with Gasteiger partial charge in [-0.05, 0) is 37.1 Å². The summed E-state index contributed by atoms with van der Waals surface area (Å²) in [6.07, 6.45) is 3.98. The van der Waals surface area contributed by atoms with Crippen LogP contribution in [0.3, 0.4) is 0 Å². The second kappa shape index (κ2) is 5.47. The van der Waals surface area contributed by atoms with E-state index >= 15 is 0 Å². The van der Waals surface area contributed by atoms with Crippen LogP contribution >= 0.6 is 23.5 Å². The zero-order valence-electron chi connectivity index (χ0n) is 8.98. The molecule has 1 aromatic rings. The molecule has 0 aliphatic rings. The van der Waals surface area contributed by atoms with Crippen molar-refractivity contribution in [3.05, 3.63) is 23.8 Å². The second-order valence-corrected chi connectivity index (χ2v) is 4.90. The molecule has 0 saturated carbocycles. The zero-order valence-corrected chi connectivity index (χ0v) is 10.6. The third-order valence-electron chi connectivity index (χ3n) is 2.28. The van der Waals surface area contributed by atoms with Crippen LogP contribution in [0.15, 0.2) is 28.0 Å². The standard InChI is InChI=1S/C11H14O2S2/c1-7(11(12)13)9-5-4-8(14-2)6-10(9)15-3/h4-7H,1-3H3,(H,12,13). The Bertz CT molecular complexity index is 364. The average molecular weight is 242 g/mol. The minimum atomic E-state index is -0.776. The predicted molar refractivity (Wildman–Crippen MR) is 66.1 cm³/mol. The molecule has 4 heteroatoms. The number of hydrogen-bond donors (Lipinski definition) is 1. The molecular weight excluding hydrogens is 228 g/mol. The van der Waals surface area contributed by atoms with Gasteiger partial charge in [0.2, 0.25) is 0 Å². The lowest BCUT2D eigenvalue weighted by atomic mass is 10.0. The Morgan fingerprint density at radius 2 is 2.00 bits per heavy atom. The Morgan fingerprint density at radius 1 is 1.33 bits per heavy atom. The van der Waals surface area contributed by atoms with Crippen molar-refractivity contribution >= 4 is 29.5 Å². The summed E-state index contributed by atoms with van der Waals surface area (Å²) in [6.45, 7) is 1.72. The van der Waals surface area contributed by atoms with Crippen molar-refractivity contribution in [3.63, 3.8) is 0 Å². The molecular formula is C11H14O2S2. The van der Waals surface area contributed by atoms with E-state index in [-0.39, 0.29) is 0 Å². The lowest BCUT2D eigenvalue weighted by Crippen LogP contribution is -2.08. The number of hydrogen-bond acceptors (Lipinski definition) is 3. The highest BCUT2D eigenvalue weighted by Gasteiger charge is 2.17. The molecule has 2 nitrogen and oxygen atoms in total. The molecule has 1 aromatic carbocycles. The molecule has 0 aliphatic heterocycles. The molecule has 0 radical (unpaired) electrons. The predicted octanol–water partition coefficient (Wildman–Crippen LogP) is 3.32. The van der Waals surface area contributed by atoms with E-state index < -0.39 is 11.9 Å². The van der Waals surface area contributed by atoms with Crippen molar-refractivity contribution in [1.29, 1.82) is 0 Å². The van der Waals surface area contributed by atoms with Crippen LogP contribution < -0.4 is 0 Å². The van der Waals surface area contributed by atoms with Crippen LogP contribution in [0.5, 0.6) is 0 Å². The van der Waals surface area contributed by atoms with Gasteiger partial charge in [-0.2, -0.15) is 0 Å². The largest absolute Gasteiger partial charge is 0.481 e. The molecule has 1 rings (SSSR count). The van der Waals surface area contributed by atoms with Gasteiger partial charge in [0.1, 0.15) is 0 Å². The average Bonchev–Trinajstić information content (AvgIpc) is 2.27.